The lowest BCUT2D eigenvalue weighted by Gasteiger charge is -2.14. The van der Waals surface area contributed by atoms with Crippen molar-refractivity contribution in [2.75, 3.05) is 5.33 Å². The summed E-state index contributed by atoms with van der Waals surface area (Å²) in [5.41, 5.74) is 1.53. The molecule has 0 aliphatic carbocycles. The lowest BCUT2D eigenvalue weighted by Crippen LogP contribution is -2.20. The Labute approximate surface area is 85.6 Å². The lowest BCUT2D eigenvalue weighted by atomic mass is 10.1. The molecular formula is C9H12BrNO2. The second-order valence-corrected chi connectivity index (χ2v) is 3.57. The first kappa shape index (κ1) is 10.6. The molecule has 0 aromatic carbocycles. The SMILES string of the molecule is Cc1ccnc(C(O)C(O)CBr)c1. The number of aliphatic hydroxyl groups is 2. The van der Waals surface area contributed by atoms with Gasteiger partial charge in [-0.2, -0.15) is 0 Å². The Kier molecular flexibility index (Phi) is 3.84. The maximum atomic E-state index is 9.57. The summed E-state index contributed by atoms with van der Waals surface area (Å²) >= 11 is 3.09. The highest BCUT2D eigenvalue weighted by Gasteiger charge is 2.17. The smallest absolute Gasteiger partial charge is 0.123 e. The molecule has 0 spiro atoms. The van der Waals surface area contributed by atoms with E-state index in [2.05, 4.69) is 20.9 Å². The first-order chi connectivity index (χ1) is 6.15. The Morgan fingerprint density at radius 3 is 2.77 bits per heavy atom. The van der Waals surface area contributed by atoms with E-state index in [1.54, 1.807) is 12.3 Å². The van der Waals surface area contributed by atoms with Crippen LogP contribution in [0.25, 0.3) is 0 Å². The van der Waals surface area contributed by atoms with E-state index in [1.165, 1.54) is 0 Å². The van der Waals surface area contributed by atoms with E-state index < -0.39 is 12.2 Å². The average molecular weight is 246 g/mol. The lowest BCUT2D eigenvalue weighted by molar-refractivity contribution is 0.0315. The van der Waals surface area contributed by atoms with Gasteiger partial charge in [0.05, 0.1) is 11.8 Å². The number of nitrogens with zero attached hydrogens (tertiary/aromatic N) is 1. The fourth-order valence-electron chi connectivity index (χ4n) is 1.00. The zero-order valence-electron chi connectivity index (χ0n) is 7.31. The molecule has 0 fully saturated rings. The van der Waals surface area contributed by atoms with Gasteiger partial charge < -0.3 is 10.2 Å². The van der Waals surface area contributed by atoms with Gasteiger partial charge in [0.25, 0.3) is 0 Å². The number of hydrogen-bond acceptors (Lipinski definition) is 3. The van der Waals surface area contributed by atoms with Crippen LogP contribution in [0.2, 0.25) is 0 Å². The van der Waals surface area contributed by atoms with Crippen molar-refractivity contribution in [2.45, 2.75) is 19.1 Å². The van der Waals surface area contributed by atoms with Gasteiger partial charge in [0.1, 0.15) is 6.10 Å². The summed E-state index contributed by atoms with van der Waals surface area (Å²) in [7, 11) is 0. The third-order valence-electron chi connectivity index (χ3n) is 1.76. The Balaban J connectivity index is 2.82. The predicted molar refractivity (Wildman–Crippen MR) is 53.7 cm³/mol. The van der Waals surface area contributed by atoms with Gasteiger partial charge >= 0.3 is 0 Å². The van der Waals surface area contributed by atoms with Crippen LogP contribution in [0, 0.1) is 6.92 Å². The third-order valence-corrected chi connectivity index (χ3v) is 2.43. The molecule has 0 saturated heterocycles. The fraction of sp³-hybridized carbons (Fsp3) is 0.444. The standard InChI is InChI=1S/C9H12BrNO2/c1-6-2-3-11-7(4-6)9(13)8(12)5-10/h2-4,8-9,12-13H,5H2,1H3. The summed E-state index contributed by atoms with van der Waals surface area (Å²) in [4.78, 5) is 3.98. The zero-order chi connectivity index (χ0) is 9.84. The molecule has 0 radical (unpaired) electrons. The monoisotopic (exact) mass is 245 g/mol. The summed E-state index contributed by atoms with van der Waals surface area (Å²) in [5, 5.41) is 19.2. The fourth-order valence-corrected chi connectivity index (χ4v) is 1.36. The number of aromatic nitrogens is 1. The Hall–Kier alpha value is -0.450. The van der Waals surface area contributed by atoms with Crippen molar-refractivity contribution < 1.29 is 10.2 Å². The molecule has 4 heteroatoms. The number of alkyl halides is 1. The predicted octanol–water partition coefficient (Wildman–Crippen LogP) is 1.18. The van der Waals surface area contributed by atoms with Gasteiger partial charge in [-0.3, -0.25) is 4.98 Å². The molecule has 1 heterocycles. The number of hydrogen-bond donors (Lipinski definition) is 2. The van der Waals surface area contributed by atoms with Crippen LogP contribution in [0.15, 0.2) is 18.3 Å². The number of rotatable bonds is 3. The van der Waals surface area contributed by atoms with E-state index in [4.69, 9.17) is 0 Å². The van der Waals surface area contributed by atoms with Crippen molar-refractivity contribution in [3.63, 3.8) is 0 Å². The Bertz CT molecular complexity index is 280. The molecule has 1 aromatic rings. The topological polar surface area (TPSA) is 53.4 Å². The van der Waals surface area contributed by atoms with E-state index in [0.29, 0.717) is 11.0 Å². The largest absolute Gasteiger partial charge is 0.389 e. The van der Waals surface area contributed by atoms with E-state index in [9.17, 15) is 10.2 Å². The van der Waals surface area contributed by atoms with Gasteiger partial charge in [-0.25, -0.2) is 0 Å². The van der Waals surface area contributed by atoms with Gasteiger partial charge in [0, 0.05) is 11.5 Å². The van der Waals surface area contributed by atoms with Gasteiger partial charge in [0.15, 0.2) is 0 Å². The van der Waals surface area contributed by atoms with Gasteiger partial charge in [-0.15, -0.1) is 0 Å². The summed E-state index contributed by atoms with van der Waals surface area (Å²) in [6.45, 7) is 1.92. The third kappa shape index (κ3) is 2.76. The number of aliphatic hydroxyl groups excluding tert-OH is 2. The van der Waals surface area contributed by atoms with Crippen LogP contribution in [0.3, 0.4) is 0 Å². The van der Waals surface area contributed by atoms with Crippen molar-refractivity contribution in [3.05, 3.63) is 29.6 Å². The van der Waals surface area contributed by atoms with Crippen LogP contribution >= 0.6 is 15.9 Å². The molecule has 0 aliphatic heterocycles. The summed E-state index contributed by atoms with van der Waals surface area (Å²) < 4.78 is 0. The number of aryl methyl sites for hydroxylation is 1. The van der Waals surface area contributed by atoms with Crippen LogP contribution in [0.5, 0.6) is 0 Å². The minimum absolute atomic E-state index is 0.337. The highest BCUT2D eigenvalue weighted by molar-refractivity contribution is 9.09. The molecular weight excluding hydrogens is 234 g/mol. The van der Waals surface area contributed by atoms with E-state index in [-0.39, 0.29) is 0 Å². The quantitative estimate of drug-likeness (QED) is 0.787. The molecule has 0 amide bonds. The van der Waals surface area contributed by atoms with Crippen LogP contribution < -0.4 is 0 Å². The first-order valence-corrected chi connectivity index (χ1v) is 5.12. The molecule has 2 N–H and O–H groups in total. The molecule has 13 heavy (non-hydrogen) atoms. The number of pyridine rings is 1. The van der Waals surface area contributed by atoms with Crippen LogP contribution in [-0.2, 0) is 0 Å². The van der Waals surface area contributed by atoms with Crippen molar-refractivity contribution in [2.24, 2.45) is 0 Å². The second-order valence-electron chi connectivity index (χ2n) is 2.92. The molecule has 2 unspecified atom stereocenters. The van der Waals surface area contributed by atoms with Crippen LogP contribution in [0.4, 0.5) is 0 Å². The van der Waals surface area contributed by atoms with Gasteiger partial charge in [-0.05, 0) is 24.6 Å². The maximum Gasteiger partial charge on any atom is 0.123 e. The Morgan fingerprint density at radius 2 is 2.23 bits per heavy atom. The summed E-state index contributed by atoms with van der Waals surface area (Å²) in [6, 6.07) is 3.60. The van der Waals surface area contributed by atoms with Crippen LogP contribution in [-0.4, -0.2) is 26.6 Å². The molecule has 72 valence electrons. The molecule has 0 saturated carbocycles. The van der Waals surface area contributed by atoms with Crippen molar-refractivity contribution >= 4 is 15.9 Å². The molecule has 1 rings (SSSR count). The molecule has 2 atom stereocenters. The summed E-state index contributed by atoms with van der Waals surface area (Å²) in [6.07, 6.45) is -0.108. The molecule has 0 aliphatic rings. The van der Waals surface area contributed by atoms with E-state index in [1.807, 2.05) is 13.0 Å². The minimum atomic E-state index is -0.917. The van der Waals surface area contributed by atoms with Gasteiger partial charge in [0.2, 0.25) is 0 Å². The van der Waals surface area contributed by atoms with Crippen molar-refractivity contribution in [3.8, 4) is 0 Å². The Morgan fingerprint density at radius 1 is 1.54 bits per heavy atom. The normalized spacial score (nSPS) is 15.4. The highest BCUT2D eigenvalue weighted by Crippen LogP contribution is 2.16. The first-order valence-electron chi connectivity index (χ1n) is 4.00. The maximum absolute atomic E-state index is 9.57. The highest BCUT2D eigenvalue weighted by atomic mass is 79.9. The molecule has 0 bridgehead atoms. The molecule has 3 nitrogen and oxygen atoms in total. The summed E-state index contributed by atoms with van der Waals surface area (Å²) in [5.74, 6) is 0. The second kappa shape index (κ2) is 4.69. The van der Waals surface area contributed by atoms with Crippen LogP contribution in [0.1, 0.15) is 17.4 Å². The molecule has 1 aromatic heterocycles. The van der Waals surface area contributed by atoms with Crippen molar-refractivity contribution in [1.82, 2.24) is 4.98 Å². The average Bonchev–Trinajstić information content (AvgIpc) is 2.15. The van der Waals surface area contributed by atoms with E-state index >= 15 is 0 Å². The van der Waals surface area contributed by atoms with E-state index in [0.717, 1.165) is 5.56 Å². The van der Waals surface area contributed by atoms with Gasteiger partial charge in [-0.1, -0.05) is 15.9 Å². The minimum Gasteiger partial charge on any atom is -0.389 e. The van der Waals surface area contributed by atoms with Crippen molar-refractivity contribution in [1.29, 1.82) is 0 Å². The number of halogens is 1. The zero-order valence-corrected chi connectivity index (χ0v) is 8.90.